The van der Waals surface area contributed by atoms with Crippen molar-refractivity contribution < 1.29 is 9.84 Å². The Labute approximate surface area is 122 Å². The fourth-order valence-corrected chi connectivity index (χ4v) is 7.41. The van der Waals surface area contributed by atoms with Crippen LogP contribution in [0.15, 0.2) is 12.2 Å². The van der Waals surface area contributed by atoms with Gasteiger partial charge in [-0.15, -0.1) is 0 Å². The lowest BCUT2D eigenvalue weighted by Gasteiger charge is -2.57. The maximum Gasteiger partial charge on any atom is 0.100 e. The summed E-state index contributed by atoms with van der Waals surface area (Å²) in [6.45, 7) is 7.64. The summed E-state index contributed by atoms with van der Waals surface area (Å²) < 4.78 is 5.56. The van der Waals surface area contributed by atoms with E-state index in [0.29, 0.717) is 24.4 Å². The number of aliphatic hydroxyl groups is 1. The van der Waals surface area contributed by atoms with Crippen LogP contribution in [0.1, 0.15) is 46.5 Å². The van der Waals surface area contributed by atoms with Crippen LogP contribution in [0.2, 0.25) is 0 Å². The summed E-state index contributed by atoms with van der Waals surface area (Å²) in [7, 11) is 1.75. The number of hydrogen-bond donors (Lipinski definition) is 1. The van der Waals surface area contributed by atoms with Crippen molar-refractivity contribution in [3.05, 3.63) is 12.2 Å². The van der Waals surface area contributed by atoms with Gasteiger partial charge in [0.05, 0.1) is 6.61 Å². The average Bonchev–Trinajstić information content (AvgIpc) is 2.91. The van der Waals surface area contributed by atoms with Gasteiger partial charge in [0.2, 0.25) is 0 Å². The lowest BCUT2D eigenvalue weighted by Crippen LogP contribution is -2.63. The number of fused-ring (bicyclic) bond motifs is 1. The third kappa shape index (κ3) is 1.01. The first-order valence-electron chi connectivity index (χ1n) is 8.25. The van der Waals surface area contributed by atoms with Crippen LogP contribution < -0.4 is 0 Å². The van der Waals surface area contributed by atoms with E-state index in [2.05, 4.69) is 32.9 Å². The minimum absolute atomic E-state index is 0.0291. The predicted molar refractivity (Wildman–Crippen MR) is 79.2 cm³/mol. The first kappa shape index (κ1) is 13.3. The number of hydrogen-bond acceptors (Lipinski definition) is 2. The van der Waals surface area contributed by atoms with Gasteiger partial charge >= 0.3 is 0 Å². The summed E-state index contributed by atoms with van der Waals surface area (Å²) in [5.74, 6) is 1.85. The highest BCUT2D eigenvalue weighted by Crippen LogP contribution is 2.83. The van der Waals surface area contributed by atoms with Gasteiger partial charge in [0.25, 0.3) is 0 Å². The Balaban J connectivity index is 1.99. The summed E-state index contributed by atoms with van der Waals surface area (Å²) in [6, 6.07) is 0. The van der Waals surface area contributed by atoms with Gasteiger partial charge < -0.3 is 9.84 Å². The monoisotopic (exact) mass is 276 g/mol. The molecule has 0 heterocycles. The highest BCUT2D eigenvalue weighted by molar-refractivity contribution is 5.36. The summed E-state index contributed by atoms with van der Waals surface area (Å²) in [6.07, 6.45) is 9.74. The van der Waals surface area contributed by atoms with Gasteiger partial charge in [-0.3, -0.25) is 0 Å². The van der Waals surface area contributed by atoms with Crippen molar-refractivity contribution in [1.29, 1.82) is 0 Å². The summed E-state index contributed by atoms with van der Waals surface area (Å²) in [5, 5.41) is 11.9. The molecule has 0 unspecified atom stereocenters. The number of methoxy groups -OCH3 is 1. The van der Waals surface area contributed by atoms with Crippen LogP contribution in [0, 0.1) is 34.0 Å². The topological polar surface area (TPSA) is 29.5 Å². The zero-order chi connectivity index (χ0) is 14.4. The van der Waals surface area contributed by atoms with E-state index in [1.807, 2.05) is 0 Å². The highest BCUT2D eigenvalue weighted by atomic mass is 16.5. The van der Waals surface area contributed by atoms with E-state index in [9.17, 15) is 5.11 Å². The Morgan fingerprint density at radius 2 is 2.00 bits per heavy atom. The molecular formula is C18H28O2. The zero-order valence-corrected chi connectivity index (χ0v) is 13.3. The molecule has 0 radical (unpaired) electrons. The lowest BCUT2D eigenvalue weighted by atomic mass is 9.50. The van der Waals surface area contributed by atoms with Crippen LogP contribution in [0.25, 0.3) is 0 Å². The standard InChI is InChI=1S/C18H28O2/c1-15(2)14-12-7-8-13-6-5-9-17(13,14)18(19,11-20-4)16(15,3)10-12/h7-8,12-14,19H,5-6,9-11H2,1-4H3/t12-,13-,14+,16-,17+,18-/m0/s1. The van der Waals surface area contributed by atoms with Crippen molar-refractivity contribution in [1.82, 2.24) is 0 Å². The van der Waals surface area contributed by atoms with Gasteiger partial charge in [-0.2, -0.15) is 0 Å². The quantitative estimate of drug-likeness (QED) is 0.783. The number of allylic oxidation sites excluding steroid dienone is 2. The fourth-order valence-electron chi connectivity index (χ4n) is 7.41. The normalized spacial score (nSPS) is 58.1. The molecule has 0 aromatic rings. The van der Waals surface area contributed by atoms with Crippen molar-refractivity contribution in [3.63, 3.8) is 0 Å². The molecule has 112 valence electrons. The Morgan fingerprint density at radius 3 is 2.70 bits per heavy atom. The second-order valence-corrected chi connectivity index (χ2v) is 8.62. The van der Waals surface area contributed by atoms with Gasteiger partial charge in [0, 0.05) is 17.9 Å². The van der Waals surface area contributed by atoms with Crippen LogP contribution in [0.4, 0.5) is 0 Å². The Morgan fingerprint density at radius 1 is 1.25 bits per heavy atom. The molecule has 0 amide bonds. The first-order chi connectivity index (χ1) is 9.35. The molecule has 20 heavy (non-hydrogen) atoms. The Bertz CT molecular complexity index is 482. The van der Waals surface area contributed by atoms with E-state index in [1.54, 1.807) is 7.11 Å². The molecular weight excluding hydrogens is 248 g/mol. The summed E-state index contributed by atoms with van der Waals surface area (Å²) >= 11 is 0. The molecule has 3 saturated carbocycles. The third-order valence-corrected chi connectivity index (χ3v) is 8.22. The van der Waals surface area contributed by atoms with Crippen LogP contribution in [0.5, 0.6) is 0 Å². The van der Waals surface area contributed by atoms with E-state index in [1.165, 1.54) is 19.3 Å². The average molecular weight is 276 g/mol. The van der Waals surface area contributed by atoms with Crippen LogP contribution in [-0.2, 0) is 4.74 Å². The molecule has 4 rings (SSSR count). The largest absolute Gasteiger partial charge is 0.386 e. The van der Waals surface area contributed by atoms with E-state index in [0.717, 1.165) is 6.42 Å². The summed E-state index contributed by atoms with van der Waals surface area (Å²) in [5.41, 5.74) is -0.429. The SMILES string of the molecule is COC[C@@]1(O)[C@]23CCC[C@H]2C=C[C@H]2C[C@@]1(C)C(C)(C)[C@@H]23. The van der Waals surface area contributed by atoms with Gasteiger partial charge in [0.15, 0.2) is 0 Å². The van der Waals surface area contributed by atoms with Crippen molar-refractivity contribution in [3.8, 4) is 0 Å². The van der Waals surface area contributed by atoms with Crippen LogP contribution in [0.3, 0.4) is 0 Å². The predicted octanol–water partition coefficient (Wildman–Crippen LogP) is 3.40. The minimum Gasteiger partial charge on any atom is -0.386 e. The van der Waals surface area contributed by atoms with Crippen molar-refractivity contribution in [2.24, 2.45) is 34.0 Å². The molecule has 1 N–H and O–H groups in total. The molecule has 0 aliphatic heterocycles. The van der Waals surface area contributed by atoms with E-state index in [-0.39, 0.29) is 16.2 Å². The molecule has 2 bridgehead atoms. The molecule has 3 fully saturated rings. The third-order valence-electron chi connectivity index (χ3n) is 8.22. The van der Waals surface area contributed by atoms with Crippen molar-refractivity contribution in [2.45, 2.75) is 52.1 Å². The van der Waals surface area contributed by atoms with Gasteiger partial charge in [-0.05, 0) is 42.4 Å². The minimum atomic E-state index is -0.661. The number of rotatable bonds is 2. The fraction of sp³-hybridized carbons (Fsp3) is 0.889. The van der Waals surface area contributed by atoms with E-state index < -0.39 is 5.60 Å². The van der Waals surface area contributed by atoms with Crippen molar-refractivity contribution >= 4 is 0 Å². The second-order valence-electron chi connectivity index (χ2n) is 8.62. The number of ether oxygens (including phenoxy) is 1. The molecule has 0 aromatic carbocycles. The molecule has 4 aliphatic rings. The smallest absolute Gasteiger partial charge is 0.100 e. The maximum atomic E-state index is 11.9. The van der Waals surface area contributed by atoms with E-state index in [4.69, 9.17) is 4.74 Å². The zero-order valence-electron chi connectivity index (χ0n) is 13.3. The lowest BCUT2D eigenvalue weighted by molar-refractivity contribution is -0.207. The molecule has 2 heteroatoms. The summed E-state index contributed by atoms with van der Waals surface area (Å²) in [4.78, 5) is 0. The van der Waals surface area contributed by atoms with Crippen LogP contribution >= 0.6 is 0 Å². The molecule has 0 saturated heterocycles. The van der Waals surface area contributed by atoms with Crippen molar-refractivity contribution in [2.75, 3.05) is 13.7 Å². The van der Waals surface area contributed by atoms with E-state index >= 15 is 0 Å². The molecule has 6 atom stereocenters. The Hall–Kier alpha value is -0.340. The first-order valence-corrected chi connectivity index (χ1v) is 8.25. The highest BCUT2D eigenvalue weighted by Gasteiger charge is 2.83. The second kappa shape index (κ2) is 3.52. The maximum absolute atomic E-state index is 11.9. The Kier molecular flexibility index (Phi) is 2.35. The molecule has 2 nitrogen and oxygen atoms in total. The van der Waals surface area contributed by atoms with Gasteiger partial charge in [-0.1, -0.05) is 39.3 Å². The van der Waals surface area contributed by atoms with Gasteiger partial charge in [-0.25, -0.2) is 0 Å². The molecule has 0 aromatic heterocycles. The van der Waals surface area contributed by atoms with Crippen LogP contribution in [-0.4, -0.2) is 24.4 Å². The molecule has 4 aliphatic carbocycles. The van der Waals surface area contributed by atoms with Gasteiger partial charge in [0.1, 0.15) is 5.60 Å². The molecule has 1 spiro atoms.